The molecule has 0 aromatic heterocycles. The van der Waals surface area contributed by atoms with Crippen LogP contribution >= 0.6 is 0 Å². The Bertz CT molecular complexity index is 1280. The van der Waals surface area contributed by atoms with Crippen LogP contribution in [0.4, 0.5) is 11.4 Å². The van der Waals surface area contributed by atoms with Gasteiger partial charge in [-0.2, -0.15) is 0 Å². The van der Waals surface area contributed by atoms with Crippen molar-refractivity contribution in [1.29, 1.82) is 0 Å². The number of nitrogens with zero attached hydrogens (tertiary/aromatic N) is 2. The van der Waals surface area contributed by atoms with E-state index in [9.17, 15) is 4.79 Å². The number of fused-ring (bicyclic) bond motifs is 3. The summed E-state index contributed by atoms with van der Waals surface area (Å²) in [7, 11) is 1.69. The summed E-state index contributed by atoms with van der Waals surface area (Å²) in [6, 6.07) is 16.5. The van der Waals surface area contributed by atoms with Crippen LogP contribution in [-0.2, 0) is 10.2 Å². The van der Waals surface area contributed by atoms with Crippen LogP contribution in [0.5, 0.6) is 5.75 Å². The molecule has 1 spiro atoms. The highest BCUT2D eigenvalue weighted by atomic mass is 16.5. The lowest BCUT2D eigenvalue weighted by molar-refractivity contribution is -0.118. The van der Waals surface area contributed by atoms with Gasteiger partial charge >= 0.3 is 0 Å². The molecule has 2 aromatic carbocycles. The molecule has 5 aliphatic rings. The minimum Gasteiger partial charge on any atom is -0.497 e. The number of amides is 1. The highest BCUT2D eigenvalue weighted by Crippen LogP contribution is 2.65. The first kappa shape index (κ1) is 26.1. The number of rotatable bonds is 6. The molecule has 2 saturated carbocycles. The molecule has 1 amide bonds. The zero-order valence-electron chi connectivity index (χ0n) is 24.0. The summed E-state index contributed by atoms with van der Waals surface area (Å²) in [5.74, 6) is 2.59. The Morgan fingerprint density at radius 2 is 1.82 bits per heavy atom. The highest BCUT2D eigenvalue weighted by molar-refractivity contribution is 6.09. The number of methoxy groups -OCH3 is 1. The lowest BCUT2D eigenvalue weighted by Gasteiger charge is -2.38. The van der Waals surface area contributed by atoms with Gasteiger partial charge in [-0.3, -0.25) is 20.5 Å². The van der Waals surface area contributed by atoms with Crippen LogP contribution in [0.1, 0.15) is 50.7 Å². The normalized spacial score (nSPS) is 33.5. The largest absolute Gasteiger partial charge is 0.497 e. The molecule has 0 bridgehead atoms. The summed E-state index contributed by atoms with van der Waals surface area (Å²) >= 11 is 0. The van der Waals surface area contributed by atoms with Crippen molar-refractivity contribution in [3.8, 4) is 5.75 Å². The molecule has 212 valence electrons. The number of carbonyl (C=O) groups excluding carboxylic acids is 1. The highest BCUT2D eigenvalue weighted by Gasteiger charge is 2.67. The average Bonchev–Trinajstić information content (AvgIpc) is 3.53. The summed E-state index contributed by atoms with van der Waals surface area (Å²) in [4.78, 5) is 18.2. The van der Waals surface area contributed by atoms with Crippen LogP contribution < -0.4 is 25.8 Å². The number of hydrogen-bond donors (Lipinski definition) is 3. The van der Waals surface area contributed by atoms with Crippen molar-refractivity contribution in [2.75, 3.05) is 43.5 Å². The predicted molar refractivity (Wildman–Crippen MR) is 160 cm³/mol. The van der Waals surface area contributed by atoms with Gasteiger partial charge in [0.15, 0.2) is 0 Å². The van der Waals surface area contributed by atoms with Gasteiger partial charge in [0.05, 0.1) is 12.5 Å². The molecule has 40 heavy (non-hydrogen) atoms. The van der Waals surface area contributed by atoms with E-state index in [1.165, 1.54) is 24.1 Å². The maximum absolute atomic E-state index is 13.1. The number of hydrazine groups is 1. The Balaban J connectivity index is 0.955. The fourth-order valence-corrected chi connectivity index (χ4v) is 8.11. The van der Waals surface area contributed by atoms with Gasteiger partial charge in [-0.15, -0.1) is 0 Å². The van der Waals surface area contributed by atoms with E-state index in [4.69, 9.17) is 4.74 Å². The Morgan fingerprint density at radius 3 is 2.58 bits per heavy atom. The molecule has 3 heterocycles. The summed E-state index contributed by atoms with van der Waals surface area (Å²) in [6.07, 6.45) is 9.08. The number of nitrogens with one attached hydrogen (secondary N) is 3. The van der Waals surface area contributed by atoms with Crippen molar-refractivity contribution in [1.82, 2.24) is 15.8 Å². The van der Waals surface area contributed by atoms with E-state index in [-0.39, 0.29) is 11.3 Å². The zero-order valence-corrected chi connectivity index (χ0v) is 24.0. The Hall–Kier alpha value is -2.87. The fourth-order valence-electron chi connectivity index (χ4n) is 8.11. The second-order valence-corrected chi connectivity index (χ2v) is 12.9. The third kappa shape index (κ3) is 4.43. The summed E-state index contributed by atoms with van der Waals surface area (Å²) in [5, 5.41) is 3.15. The van der Waals surface area contributed by atoms with E-state index in [0.29, 0.717) is 35.9 Å². The molecule has 4 unspecified atom stereocenters. The van der Waals surface area contributed by atoms with E-state index < -0.39 is 0 Å². The minimum absolute atomic E-state index is 0.185. The maximum Gasteiger partial charge on any atom is 0.235 e. The molecule has 2 aromatic rings. The summed E-state index contributed by atoms with van der Waals surface area (Å²) in [6.45, 7) is 9.05. The maximum atomic E-state index is 13.1. The predicted octanol–water partition coefficient (Wildman–Crippen LogP) is 4.41. The molecule has 6 atom stereocenters. The second kappa shape index (κ2) is 10.2. The molecule has 2 aliphatic carbocycles. The average molecular weight is 542 g/mol. The minimum atomic E-state index is -0.346. The first-order chi connectivity index (χ1) is 19.5. The monoisotopic (exact) mass is 541 g/mol. The van der Waals surface area contributed by atoms with Crippen LogP contribution in [0.25, 0.3) is 6.08 Å². The summed E-state index contributed by atoms with van der Waals surface area (Å²) in [5.41, 5.74) is 11.5. The van der Waals surface area contributed by atoms with Gasteiger partial charge in [-0.05, 0) is 98.7 Å². The number of carbonyl (C=O) groups is 1. The third-order valence-corrected chi connectivity index (χ3v) is 10.6. The SMILES string of the molecule is COc1ccc2c(c1)[C@]1(C[C@H]1C1CCC3C(/C=C/c4ccc(N5CCN(C(C)C)CC5)cc4)NNC3C1)C(=O)N2. The van der Waals surface area contributed by atoms with Crippen molar-refractivity contribution >= 4 is 23.4 Å². The zero-order chi connectivity index (χ0) is 27.4. The van der Waals surface area contributed by atoms with Gasteiger partial charge < -0.3 is 15.0 Å². The third-order valence-electron chi connectivity index (χ3n) is 10.6. The molecule has 0 radical (unpaired) electrons. The molecular formula is C33H43N5O2. The van der Waals surface area contributed by atoms with Gasteiger partial charge in [0, 0.05) is 55.7 Å². The van der Waals surface area contributed by atoms with Gasteiger partial charge in [-0.25, -0.2) is 0 Å². The lowest BCUT2D eigenvalue weighted by Crippen LogP contribution is -2.48. The fraction of sp³-hybridized carbons (Fsp3) is 0.545. The van der Waals surface area contributed by atoms with E-state index in [1.807, 2.05) is 12.1 Å². The molecule has 7 rings (SSSR count). The van der Waals surface area contributed by atoms with Crippen molar-refractivity contribution in [2.45, 2.75) is 63.1 Å². The van der Waals surface area contributed by atoms with Gasteiger partial charge in [0.2, 0.25) is 5.91 Å². The number of benzene rings is 2. The van der Waals surface area contributed by atoms with Crippen molar-refractivity contribution < 1.29 is 9.53 Å². The van der Waals surface area contributed by atoms with Gasteiger partial charge in [0.1, 0.15) is 5.75 Å². The van der Waals surface area contributed by atoms with Crippen LogP contribution in [0, 0.1) is 17.8 Å². The molecule has 3 aliphatic heterocycles. The Kier molecular flexibility index (Phi) is 6.64. The smallest absolute Gasteiger partial charge is 0.235 e. The standard InChI is InChI=1S/C33H43N5O2/c1-21(2)37-14-16-38(17-15-37)24-8-4-22(5-9-24)6-12-29-26-11-7-23(18-31(26)36-35-29)28-20-33(28)27-19-25(40-3)10-13-30(27)34-32(33)39/h4-6,8-10,12-13,19,21,23,26,28-29,31,35-36H,7,11,14-18,20H2,1-3H3,(H,34,39)/b12-6+/t23?,26?,28-,29?,31?,33-/m0/s1. The molecule has 7 nitrogen and oxygen atoms in total. The van der Waals surface area contributed by atoms with Crippen molar-refractivity contribution in [2.24, 2.45) is 17.8 Å². The molecule has 4 fully saturated rings. The number of anilines is 2. The molecular weight excluding hydrogens is 498 g/mol. The van der Waals surface area contributed by atoms with Crippen molar-refractivity contribution in [3.63, 3.8) is 0 Å². The van der Waals surface area contributed by atoms with E-state index >= 15 is 0 Å². The Labute approximate surface area is 238 Å². The van der Waals surface area contributed by atoms with Crippen LogP contribution in [0.3, 0.4) is 0 Å². The Morgan fingerprint density at radius 1 is 1.02 bits per heavy atom. The lowest BCUT2D eigenvalue weighted by atomic mass is 9.73. The van der Waals surface area contributed by atoms with Gasteiger partial charge in [-0.1, -0.05) is 24.3 Å². The first-order valence-corrected chi connectivity index (χ1v) is 15.2. The quantitative estimate of drug-likeness (QED) is 0.504. The van der Waals surface area contributed by atoms with E-state index in [0.717, 1.165) is 56.0 Å². The van der Waals surface area contributed by atoms with Gasteiger partial charge in [0.25, 0.3) is 0 Å². The second-order valence-electron chi connectivity index (χ2n) is 12.9. The van der Waals surface area contributed by atoms with Crippen LogP contribution in [-0.4, -0.2) is 62.2 Å². The molecule has 2 saturated heterocycles. The first-order valence-electron chi connectivity index (χ1n) is 15.2. The van der Waals surface area contributed by atoms with Crippen LogP contribution in [0.2, 0.25) is 0 Å². The summed E-state index contributed by atoms with van der Waals surface area (Å²) < 4.78 is 5.48. The van der Waals surface area contributed by atoms with E-state index in [1.54, 1.807) is 7.11 Å². The number of hydrogen-bond acceptors (Lipinski definition) is 6. The number of piperazine rings is 1. The topological polar surface area (TPSA) is 68.9 Å². The van der Waals surface area contributed by atoms with Crippen LogP contribution in [0.15, 0.2) is 48.5 Å². The molecule has 3 N–H and O–H groups in total. The molecule has 7 heteroatoms. The number of ether oxygens (including phenoxy) is 1. The van der Waals surface area contributed by atoms with E-state index in [2.05, 4.69) is 82.3 Å². The van der Waals surface area contributed by atoms with Crippen molar-refractivity contribution in [3.05, 3.63) is 59.7 Å².